The Morgan fingerprint density at radius 1 is 0.142 bits per heavy atom. The van der Waals surface area contributed by atoms with Gasteiger partial charge in [-0.1, -0.05) is 302 Å². The standard InChI is InChI=1S/C122H82N12/c1-73-43-47-83(48-44-73)113-95-61-67-103(129-95)119(85-71-107-115(79-35-19-7-20-36-79)99-57-55-91(125-99)109(75-27-11-3-12-28-75)87-51-53-89(123-87)111(77-31-15-5-16-32-77)93-59-65-101(127-93)117(121(85)133-107)81-39-23-9-24-40-81)105-69-63-97(131-105)114(84-49-45-74(2)46-50-84)98-64-70-106(132-98)120(104-68-62-96(113)130-104)86-72-108-116(80-37-21-8-22-38-80)100-58-56-92(126-100)110(76-29-13-4-14-30-76)88-52-54-90(124-88)112(78-33-17-6-18-34-78)94-60-66-102(128-94)118(122(86)134-108)82-41-25-10-26-42-82/h3-72,125-129,132H,1-2H3. The minimum absolute atomic E-state index is 0.722. The van der Waals surface area contributed by atoms with E-state index < -0.39 is 0 Å². The van der Waals surface area contributed by atoms with Crippen LogP contribution in [-0.2, 0) is 0 Å². The summed E-state index contributed by atoms with van der Waals surface area (Å²) in [5, 5.41) is 0. The lowest BCUT2D eigenvalue weighted by Crippen LogP contribution is -1.96. The summed E-state index contributed by atoms with van der Waals surface area (Å²) in [7, 11) is 0. The van der Waals surface area contributed by atoms with Crippen LogP contribution in [0.3, 0.4) is 0 Å². The number of fused-ring (bicyclic) bond motifs is 24. The highest BCUT2D eigenvalue weighted by atomic mass is 14.9. The highest BCUT2D eigenvalue weighted by Gasteiger charge is 2.32. The van der Waals surface area contributed by atoms with Crippen molar-refractivity contribution in [1.29, 1.82) is 0 Å². The fourth-order valence-corrected chi connectivity index (χ4v) is 20.0. The van der Waals surface area contributed by atoms with Crippen LogP contribution in [0.1, 0.15) is 90.6 Å². The van der Waals surface area contributed by atoms with Gasteiger partial charge < -0.3 is 29.9 Å². The molecule has 0 saturated carbocycles. The topological polar surface area (TPSA) is 172 Å². The minimum Gasteiger partial charge on any atom is -0.354 e. The molecule has 0 aliphatic carbocycles. The first-order valence-electron chi connectivity index (χ1n) is 45.4. The van der Waals surface area contributed by atoms with Crippen molar-refractivity contribution < 1.29 is 0 Å². The lowest BCUT2D eigenvalue weighted by Gasteiger charge is -2.11. The van der Waals surface area contributed by atoms with Crippen LogP contribution in [-0.4, -0.2) is 59.8 Å². The van der Waals surface area contributed by atoms with Crippen LogP contribution in [0.4, 0.5) is 0 Å². The van der Waals surface area contributed by atoms with E-state index in [1.165, 1.54) is 0 Å². The van der Waals surface area contributed by atoms with E-state index in [0.29, 0.717) is 0 Å². The molecule has 12 heteroatoms. The van der Waals surface area contributed by atoms with E-state index in [-0.39, 0.29) is 0 Å². The first kappa shape index (κ1) is 78.3. The Bertz CT molecular complexity index is 8280. The predicted octanol–water partition coefficient (Wildman–Crippen LogP) is 30.7. The second-order valence-corrected chi connectivity index (χ2v) is 34.5. The quantitative estimate of drug-likeness (QED) is 0.0711. The van der Waals surface area contributed by atoms with Gasteiger partial charge in [0.15, 0.2) is 0 Å². The molecule has 12 nitrogen and oxygen atoms in total. The zero-order valence-corrected chi connectivity index (χ0v) is 73.1. The summed E-state index contributed by atoms with van der Waals surface area (Å²) in [4.78, 5) is 60.5. The highest BCUT2D eigenvalue weighted by Crippen LogP contribution is 2.50. The molecule has 0 fully saturated rings. The summed E-state index contributed by atoms with van der Waals surface area (Å²) in [5.74, 6) is 0. The number of aromatic amines is 6. The van der Waals surface area contributed by atoms with E-state index in [1.54, 1.807) is 0 Å². The first-order chi connectivity index (χ1) is 66.2. The maximum atomic E-state index is 6.18. The van der Waals surface area contributed by atoms with Gasteiger partial charge in [-0.2, -0.15) is 0 Å². The number of nitrogens with zero attached hydrogens (tertiary/aromatic N) is 6. The summed E-state index contributed by atoms with van der Waals surface area (Å²) in [6.45, 7) is 4.28. The van der Waals surface area contributed by atoms with Gasteiger partial charge >= 0.3 is 0 Å². The molecule has 630 valence electrons. The summed E-state index contributed by atoms with van der Waals surface area (Å²) >= 11 is 0. The molecule has 0 atom stereocenters. The molecule has 6 aliphatic heterocycles. The maximum Gasteiger partial charge on any atom is 0.0817 e. The zero-order valence-electron chi connectivity index (χ0n) is 73.1. The molecular formula is C122H82N12. The lowest BCUT2D eigenvalue weighted by atomic mass is 9.94. The molecule has 0 radical (unpaired) electrons. The number of benzene rings is 10. The Kier molecular flexibility index (Phi) is 19.1. The number of hydrogen-bond donors (Lipinski definition) is 6. The van der Waals surface area contributed by atoms with Crippen LogP contribution in [0.25, 0.3) is 249 Å². The number of aryl methyl sites for hydroxylation is 2. The third-order valence-electron chi connectivity index (χ3n) is 26.2. The SMILES string of the molecule is Cc1ccc(-c2c3nc(c(C4=Cc5nc4c(-c4ccccc4)c4ccc([nH]4)c(-c4ccccc4)c4nc(c(-c6ccccc6)c6ccc([nH]6)c5-c5ccccc5)C=C4)c4ccc([nH]4)c(-c4ccc(C)cc4)c4nc(c(C5=Cc6nc5c(-c5ccccc5)c5ccc([nH]5)c(-c5ccccc5)c5nc(c(-c7ccccc7)c7ccc([nH]7)c6-c6ccccc6)C=C5)c5ccc2[nH]5)C=C4)C=C3)cc1. The average molecular weight is 1720 g/mol. The van der Waals surface area contributed by atoms with Crippen molar-refractivity contribution in [3.63, 3.8) is 0 Å². The third-order valence-corrected chi connectivity index (χ3v) is 26.2. The normalized spacial score (nSPS) is 12.5. The molecule has 10 aromatic carbocycles. The van der Waals surface area contributed by atoms with Crippen LogP contribution in [0, 0.1) is 13.8 Å². The van der Waals surface area contributed by atoms with E-state index in [2.05, 4.69) is 468 Å². The van der Waals surface area contributed by atoms with Gasteiger partial charge in [-0.3, -0.25) is 0 Å². The van der Waals surface area contributed by atoms with Gasteiger partial charge in [-0.25, -0.2) is 29.9 Å². The second kappa shape index (κ2) is 32.6. The molecule has 25 rings (SSSR count). The summed E-state index contributed by atoms with van der Waals surface area (Å²) in [5.41, 5.74) is 44.4. The van der Waals surface area contributed by atoms with Gasteiger partial charge in [0.05, 0.1) is 68.3 Å². The Balaban J connectivity index is 0.814. The van der Waals surface area contributed by atoms with Crippen LogP contribution in [0.5, 0.6) is 0 Å². The number of hydrogen-bond acceptors (Lipinski definition) is 6. The van der Waals surface area contributed by atoms with Crippen molar-refractivity contribution in [2.24, 2.45) is 0 Å². The molecule has 0 saturated heterocycles. The van der Waals surface area contributed by atoms with Crippen LogP contribution in [0.15, 0.2) is 364 Å². The summed E-state index contributed by atoms with van der Waals surface area (Å²) in [6, 6.07) is 129. The first-order valence-corrected chi connectivity index (χ1v) is 45.4. The molecule has 0 unspecified atom stereocenters. The van der Waals surface area contributed by atoms with Gasteiger partial charge in [0.25, 0.3) is 0 Å². The van der Waals surface area contributed by atoms with Crippen molar-refractivity contribution in [1.82, 2.24) is 59.8 Å². The Labute approximate surface area is 772 Å². The van der Waals surface area contributed by atoms with Gasteiger partial charge in [0.1, 0.15) is 0 Å². The smallest absolute Gasteiger partial charge is 0.0817 e. The van der Waals surface area contributed by atoms with Crippen molar-refractivity contribution in [3.05, 3.63) is 455 Å². The second-order valence-electron chi connectivity index (χ2n) is 34.5. The van der Waals surface area contributed by atoms with Gasteiger partial charge in [0, 0.05) is 144 Å². The average Bonchev–Trinajstić information content (AvgIpc) is 1.58. The number of aromatic nitrogens is 12. The number of nitrogens with one attached hydrogen (secondary N) is 6. The van der Waals surface area contributed by atoms with E-state index in [4.69, 9.17) is 29.9 Å². The van der Waals surface area contributed by atoms with Gasteiger partial charge in [0.2, 0.25) is 0 Å². The molecule has 24 bridgehead atoms. The molecule has 15 heterocycles. The molecule has 0 amide bonds. The molecule has 6 N–H and O–H groups in total. The molecule has 9 aromatic heterocycles. The van der Waals surface area contributed by atoms with Crippen molar-refractivity contribution in [2.75, 3.05) is 0 Å². The molecular weight excluding hydrogens is 1630 g/mol. The Morgan fingerprint density at radius 3 is 0.500 bits per heavy atom. The monoisotopic (exact) mass is 1710 g/mol. The minimum atomic E-state index is 0.722. The van der Waals surface area contributed by atoms with Crippen LogP contribution in [0.2, 0.25) is 0 Å². The van der Waals surface area contributed by atoms with Crippen LogP contribution >= 0.6 is 0 Å². The zero-order chi connectivity index (χ0) is 88.9. The van der Waals surface area contributed by atoms with E-state index in [0.717, 1.165) is 279 Å². The van der Waals surface area contributed by atoms with E-state index in [9.17, 15) is 0 Å². The van der Waals surface area contributed by atoms with Crippen molar-refractivity contribution >= 4 is 138 Å². The summed E-state index contributed by atoms with van der Waals surface area (Å²) < 4.78 is 0. The fourth-order valence-electron chi connectivity index (χ4n) is 20.0. The predicted molar refractivity (Wildman–Crippen MR) is 556 cm³/mol. The maximum absolute atomic E-state index is 6.18. The summed E-state index contributed by atoms with van der Waals surface area (Å²) in [6.07, 6.45) is 22.0. The number of H-pyrrole nitrogens is 6. The van der Waals surface area contributed by atoms with Gasteiger partial charge in [-0.15, -0.1) is 0 Å². The van der Waals surface area contributed by atoms with E-state index >= 15 is 0 Å². The largest absolute Gasteiger partial charge is 0.354 e. The Morgan fingerprint density at radius 2 is 0.299 bits per heavy atom. The number of rotatable bonds is 12. The van der Waals surface area contributed by atoms with Crippen LogP contribution < -0.4 is 0 Å². The highest BCUT2D eigenvalue weighted by molar-refractivity contribution is 6.13. The molecule has 0 spiro atoms. The van der Waals surface area contributed by atoms with Crippen molar-refractivity contribution in [3.8, 4) is 111 Å². The molecule has 134 heavy (non-hydrogen) atoms. The Hall–Kier alpha value is -18.0. The molecule has 19 aromatic rings. The third kappa shape index (κ3) is 13.9. The van der Waals surface area contributed by atoms with E-state index in [1.807, 2.05) is 0 Å². The van der Waals surface area contributed by atoms with Crippen molar-refractivity contribution in [2.45, 2.75) is 13.8 Å². The molecule has 6 aliphatic rings. The lowest BCUT2D eigenvalue weighted by molar-refractivity contribution is 1.28. The van der Waals surface area contributed by atoms with Gasteiger partial charge in [-0.05, 0) is 203 Å². The fraction of sp³-hybridized carbons (Fsp3) is 0.0164.